The van der Waals surface area contributed by atoms with Crippen LogP contribution in [0.25, 0.3) is 10.8 Å². The zero-order valence-electron chi connectivity index (χ0n) is 11.2. The van der Waals surface area contributed by atoms with E-state index in [0.29, 0.717) is 12.2 Å². The van der Waals surface area contributed by atoms with Crippen LogP contribution >= 0.6 is 11.3 Å². The standard InChI is InChI=1S/C14H12N4O2S/c1-9-12(21-14(18-9)11-3-2-6-20-11)8-17-13(19)10-7-15-4-5-16-10/h2-7H,8H2,1H3,(H,17,19). The topological polar surface area (TPSA) is 80.9 Å². The lowest BCUT2D eigenvalue weighted by atomic mass is 10.3. The third-order valence-corrected chi connectivity index (χ3v) is 4.00. The van der Waals surface area contributed by atoms with Crippen LogP contribution in [-0.4, -0.2) is 20.9 Å². The van der Waals surface area contributed by atoms with Crippen molar-refractivity contribution in [3.8, 4) is 10.8 Å². The summed E-state index contributed by atoms with van der Waals surface area (Å²) in [6.45, 7) is 2.31. The van der Waals surface area contributed by atoms with Crippen LogP contribution in [0.1, 0.15) is 21.1 Å². The van der Waals surface area contributed by atoms with Crippen LogP contribution in [0.5, 0.6) is 0 Å². The Morgan fingerprint density at radius 1 is 1.43 bits per heavy atom. The maximum atomic E-state index is 11.9. The van der Waals surface area contributed by atoms with Crippen molar-refractivity contribution < 1.29 is 9.21 Å². The van der Waals surface area contributed by atoms with E-state index in [9.17, 15) is 4.79 Å². The molecule has 0 aliphatic heterocycles. The Bertz CT molecular complexity index is 738. The predicted molar refractivity (Wildman–Crippen MR) is 77.8 cm³/mol. The normalized spacial score (nSPS) is 10.5. The van der Waals surface area contributed by atoms with Gasteiger partial charge < -0.3 is 9.73 Å². The van der Waals surface area contributed by atoms with Gasteiger partial charge in [0.15, 0.2) is 10.8 Å². The minimum Gasteiger partial charge on any atom is -0.462 e. The molecule has 0 unspecified atom stereocenters. The summed E-state index contributed by atoms with van der Waals surface area (Å²) in [6.07, 6.45) is 6.06. The molecule has 1 N–H and O–H groups in total. The quantitative estimate of drug-likeness (QED) is 0.800. The smallest absolute Gasteiger partial charge is 0.271 e. The minimum absolute atomic E-state index is 0.254. The highest BCUT2D eigenvalue weighted by molar-refractivity contribution is 7.15. The number of aromatic nitrogens is 3. The van der Waals surface area contributed by atoms with Crippen molar-refractivity contribution in [2.45, 2.75) is 13.5 Å². The second-order valence-corrected chi connectivity index (χ2v) is 5.36. The number of thiazole rings is 1. The van der Waals surface area contributed by atoms with Gasteiger partial charge in [-0.15, -0.1) is 11.3 Å². The van der Waals surface area contributed by atoms with Gasteiger partial charge in [0.2, 0.25) is 0 Å². The van der Waals surface area contributed by atoms with Crippen molar-refractivity contribution >= 4 is 17.2 Å². The van der Waals surface area contributed by atoms with Crippen LogP contribution in [0.4, 0.5) is 0 Å². The maximum absolute atomic E-state index is 11.9. The molecule has 0 radical (unpaired) electrons. The molecule has 0 fully saturated rings. The highest BCUT2D eigenvalue weighted by Gasteiger charge is 2.13. The lowest BCUT2D eigenvalue weighted by molar-refractivity contribution is 0.0946. The molecule has 0 saturated heterocycles. The van der Waals surface area contributed by atoms with E-state index in [0.717, 1.165) is 21.3 Å². The summed E-state index contributed by atoms with van der Waals surface area (Å²) in [4.78, 5) is 25.2. The fraction of sp³-hybridized carbons (Fsp3) is 0.143. The second-order valence-electron chi connectivity index (χ2n) is 4.28. The van der Waals surface area contributed by atoms with Gasteiger partial charge in [0.05, 0.1) is 24.7 Å². The van der Waals surface area contributed by atoms with Crippen molar-refractivity contribution in [1.82, 2.24) is 20.3 Å². The monoisotopic (exact) mass is 300 g/mol. The molecule has 1 amide bonds. The SMILES string of the molecule is Cc1nc(-c2ccco2)sc1CNC(=O)c1cnccn1. The third kappa shape index (κ3) is 2.97. The Hall–Kier alpha value is -2.54. The number of hydrogen-bond acceptors (Lipinski definition) is 6. The van der Waals surface area contributed by atoms with Gasteiger partial charge in [-0.1, -0.05) is 0 Å². The summed E-state index contributed by atoms with van der Waals surface area (Å²) >= 11 is 1.50. The molecule has 0 spiro atoms. The summed E-state index contributed by atoms with van der Waals surface area (Å²) in [5.41, 5.74) is 1.18. The Morgan fingerprint density at radius 3 is 3.05 bits per heavy atom. The number of furan rings is 1. The van der Waals surface area contributed by atoms with E-state index in [4.69, 9.17) is 4.42 Å². The maximum Gasteiger partial charge on any atom is 0.271 e. The Morgan fingerprint density at radius 2 is 2.33 bits per heavy atom. The number of amides is 1. The van der Waals surface area contributed by atoms with Crippen molar-refractivity contribution in [2.24, 2.45) is 0 Å². The molecule has 3 aromatic heterocycles. The van der Waals surface area contributed by atoms with Crippen LogP contribution in [0, 0.1) is 6.92 Å². The zero-order valence-corrected chi connectivity index (χ0v) is 12.1. The molecule has 7 heteroatoms. The van der Waals surface area contributed by atoms with Gasteiger partial charge >= 0.3 is 0 Å². The first-order valence-electron chi connectivity index (χ1n) is 6.28. The summed E-state index contributed by atoms with van der Waals surface area (Å²) in [6, 6.07) is 3.68. The van der Waals surface area contributed by atoms with E-state index in [1.54, 1.807) is 6.26 Å². The summed E-state index contributed by atoms with van der Waals surface area (Å²) in [7, 11) is 0. The minimum atomic E-state index is -0.254. The van der Waals surface area contributed by atoms with Gasteiger partial charge in [-0.25, -0.2) is 9.97 Å². The molecule has 0 aliphatic carbocycles. The van der Waals surface area contributed by atoms with E-state index in [1.807, 2.05) is 19.1 Å². The highest BCUT2D eigenvalue weighted by Crippen LogP contribution is 2.28. The van der Waals surface area contributed by atoms with E-state index in [1.165, 1.54) is 29.9 Å². The molecular weight excluding hydrogens is 288 g/mol. The third-order valence-electron chi connectivity index (χ3n) is 2.83. The lowest BCUT2D eigenvalue weighted by Crippen LogP contribution is -2.23. The largest absolute Gasteiger partial charge is 0.462 e. The van der Waals surface area contributed by atoms with Crippen LogP contribution in [0.3, 0.4) is 0 Å². The number of carbonyl (C=O) groups is 1. The summed E-state index contributed by atoms with van der Waals surface area (Å²) < 4.78 is 5.33. The number of nitrogens with one attached hydrogen (secondary N) is 1. The lowest BCUT2D eigenvalue weighted by Gasteiger charge is -2.02. The number of aryl methyl sites for hydroxylation is 1. The molecule has 21 heavy (non-hydrogen) atoms. The Labute approximate surface area is 124 Å². The van der Waals surface area contributed by atoms with Crippen molar-refractivity contribution in [3.05, 3.63) is 53.3 Å². The molecule has 106 valence electrons. The summed E-state index contributed by atoms with van der Waals surface area (Å²) in [5.74, 6) is 0.477. The van der Waals surface area contributed by atoms with Crippen molar-refractivity contribution in [1.29, 1.82) is 0 Å². The second kappa shape index (κ2) is 5.84. The first kappa shape index (κ1) is 13.4. The van der Waals surface area contributed by atoms with E-state index < -0.39 is 0 Å². The van der Waals surface area contributed by atoms with Gasteiger partial charge in [0.25, 0.3) is 5.91 Å². The first-order chi connectivity index (χ1) is 10.2. The number of nitrogens with zero attached hydrogens (tertiary/aromatic N) is 3. The molecule has 0 aliphatic rings. The van der Waals surface area contributed by atoms with Gasteiger partial charge in [0.1, 0.15) is 5.69 Å². The van der Waals surface area contributed by atoms with Crippen LogP contribution < -0.4 is 5.32 Å². The van der Waals surface area contributed by atoms with Gasteiger partial charge in [-0.3, -0.25) is 9.78 Å². The zero-order chi connectivity index (χ0) is 14.7. The summed E-state index contributed by atoms with van der Waals surface area (Å²) in [5, 5.41) is 3.62. The molecule has 3 aromatic rings. The van der Waals surface area contributed by atoms with E-state index in [2.05, 4.69) is 20.3 Å². The fourth-order valence-electron chi connectivity index (χ4n) is 1.77. The molecule has 0 saturated carbocycles. The van der Waals surface area contributed by atoms with Crippen LogP contribution in [0.2, 0.25) is 0 Å². The molecule has 0 bridgehead atoms. The molecule has 0 atom stereocenters. The van der Waals surface area contributed by atoms with E-state index in [-0.39, 0.29) is 5.91 Å². The number of carbonyl (C=O) groups excluding carboxylic acids is 1. The van der Waals surface area contributed by atoms with Crippen LogP contribution in [-0.2, 0) is 6.54 Å². The van der Waals surface area contributed by atoms with Gasteiger partial charge in [-0.05, 0) is 19.1 Å². The van der Waals surface area contributed by atoms with E-state index >= 15 is 0 Å². The highest BCUT2D eigenvalue weighted by atomic mass is 32.1. The van der Waals surface area contributed by atoms with Gasteiger partial charge in [-0.2, -0.15) is 0 Å². The van der Waals surface area contributed by atoms with Crippen LogP contribution in [0.15, 0.2) is 41.4 Å². The average Bonchev–Trinajstić information content (AvgIpc) is 3.15. The predicted octanol–water partition coefficient (Wildman–Crippen LogP) is 2.43. The van der Waals surface area contributed by atoms with Gasteiger partial charge in [0, 0.05) is 17.3 Å². The Kier molecular flexibility index (Phi) is 3.74. The molecular formula is C14H12N4O2S. The first-order valence-corrected chi connectivity index (χ1v) is 7.10. The molecule has 6 nitrogen and oxygen atoms in total. The number of hydrogen-bond donors (Lipinski definition) is 1. The fourth-order valence-corrected chi connectivity index (χ4v) is 2.74. The molecule has 0 aromatic carbocycles. The van der Waals surface area contributed by atoms with Crippen molar-refractivity contribution in [3.63, 3.8) is 0 Å². The number of rotatable bonds is 4. The molecule has 3 rings (SSSR count). The molecule has 3 heterocycles. The van der Waals surface area contributed by atoms with Crippen molar-refractivity contribution in [2.75, 3.05) is 0 Å². The average molecular weight is 300 g/mol. The Balaban J connectivity index is 1.70.